The Balaban J connectivity index is 1.74. The van der Waals surface area contributed by atoms with Crippen molar-refractivity contribution in [2.75, 3.05) is 11.9 Å². The van der Waals surface area contributed by atoms with Gasteiger partial charge in [0.25, 0.3) is 11.8 Å². The van der Waals surface area contributed by atoms with Crippen LogP contribution in [0.1, 0.15) is 23.7 Å². The number of carbonyl (C=O) groups excluding carboxylic acids is 3. The number of esters is 1. The van der Waals surface area contributed by atoms with E-state index in [0.717, 1.165) is 0 Å². The van der Waals surface area contributed by atoms with Crippen molar-refractivity contribution in [3.05, 3.63) is 58.3 Å². The minimum atomic E-state index is -1.03. The molecule has 2 amide bonds. The van der Waals surface area contributed by atoms with Crippen molar-refractivity contribution in [1.82, 2.24) is 10.3 Å². The Hall–Kier alpha value is -2.64. The summed E-state index contributed by atoms with van der Waals surface area (Å²) in [6.45, 7) is 1.51. The van der Waals surface area contributed by atoms with Crippen molar-refractivity contribution >= 4 is 46.7 Å². The fraction of sp³-hybridized carbons (Fsp3) is 0.222. The second-order valence-corrected chi connectivity index (χ2v) is 6.27. The van der Waals surface area contributed by atoms with Crippen molar-refractivity contribution < 1.29 is 19.1 Å². The van der Waals surface area contributed by atoms with Gasteiger partial charge in [-0.15, -0.1) is 0 Å². The molecule has 0 radical (unpaired) electrons. The molecule has 2 rings (SSSR count). The summed E-state index contributed by atoms with van der Waals surface area (Å²) in [7, 11) is 0. The van der Waals surface area contributed by atoms with Crippen LogP contribution in [-0.4, -0.2) is 35.4 Å². The number of carbonyl (C=O) groups is 3. The Morgan fingerprint density at radius 2 is 1.85 bits per heavy atom. The summed E-state index contributed by atoms with van der Waals surface area (Å²) < 4.78 is 5.04. The zero-order valence-electron chi connectivity index (χ0n) is 14.4. The number of benzene rings is 1. The maximum absolute atomic E-state index is 12.0. The summed E-state index contributed by atoms with van der Waals surface area (Å²) in [6.07, 6.45) is 0.380. The summed E-state index contributed by atoms with van der Waals surface area (Å²) in [4.78, 5) is 39.6. The fourth-order valence-corrected chi connectivity index (χ4v) is 2.30. The molecule has 9 heteroatoms. The number of nitrogens with one attached hydrogen (secondary N) is 2. The van der Waals surface area contributed by atoms with Crippen LogP contribution in [0.25, 0.3) is 0 Å². The fourth-order valence-electron chi connectivity index (χ4n) is 2.00. The molecule has 7 nitrogen and oxygen atoms in total. The molecule has 1 aromatic carbocycles. The third-order valence-electron chi connectivity index (χ3n) is 3.42. The monoisotopic (exact) mass is 409 g/mol. The Labute approximate surface area is 166 Å². The Morgan fingerprint density at radius 3 is 2.52 bits per heavy atom. The standard InChI is InChI=1S/C18H17Cl2N3O4/c1-11(17(25)23-14-3-2-9-21-16(14)20)27-15(24)8-10-22-18(26)12-4-6-13(19)7-5-12/h2-7,9,11H,8,10H2,1H3,(H,22,26)(H,23,25)/t11-/m1/s1. The molecule has 0 saturated carbocycles. The first-order valence-electron chi connectivity index (χ1n) is 8.01. The zero-order chi connectivity index (χ0) is 19.8. The molecule has 0 unspecified atom stereocenters. The van der Waals surface area contributed by atoms with E-state index in [1.54, 1.807) is 36.4 Å². The molecule has 1 heterocycles. The number of hydrogen-bond donors (Lipinski definition) is 2. The van der Waals surface area contributed by atoms with E-state index in [-0.39, 0.29) is 24.0 Å². The number of aromatic nitrogens is 1. The quantitative estimate of drug-likeness (QED) is 0.540. The van der Waals surface area contributed by atoms with E-state index in [2.05, 4.69) is 15.6 Å². The lowest BCUT2D eigenvalue weighted by Gasteiger charge is -2.14. The molecule has 0 spiro atoms. The largest absolute Gasteiger partial charge is 0.452 e. The van der Waals surface area contributed by atoms with Gasteiger partial charge in [0.15, 0.2) is 11.3 Å². The molecule has 1 aromatic heterocycles. The van der Waals surface area contributed by atoms with Gasteiger partial charge in [-0.05, 0) is 43.3 Å². The maximum atomic E-state index is 12.0. The Kier molecular flexibility index (Phi) is 7.57. The minimum absolute atomic E-state index is 0.0725. The van der Waals surface area contributed by atoms with Gasteiger partial charge in [-0.1, -0.05) is 23.2 Å². The van der Waals surface area contributed by atoms with Crippen LogP contribution in [0.3, 0.4) is 0 Å². The first-order chi connectivity index (χ1) is 12.9. The summed E-state index contributed by atoms with van der Waals surface area (Å²) >= 11 is 11.6. The van der Waals surface area contributed by atoms with Gasteiger partial charge < -0.3 is 15.4 Å². The Morgan fingerprint density at radius 1 is 1.15 bits per heavy atom. The normalized spacial score (nSPS) is 11.4. The molecule has 0 fully saturated rings. The number of ether oxygens (including phenoxy) is 1. The zero-order valence-corrected chi connectivity index (χ0v) is 15.9. The van der Waals surface area contributed by atoms with Gasteiger partial charge in [0.2, 0.25) is 0 Å². The smallest absolute Gasteiger partial charge is 0.308 e. The number of halogens is 2. The van der Waals surface area contributed by atoms with Crippen LogP contribution in [0.4, 0.5) is 5.69 Å². The van der Waals surface area contributed by atoms with Crippen molar-refractivity contribution in [3.63, 3.8) is 0 Å². The van der Waals surface area contributed by atoms with Crippen LogP contribution in [0.2, 0.25) is 10.2 Å². The topological polar surface area (TPSA) is 97.4 Å². The van der Waals surface area contributed by atoms with E-state index in [0.29, 0.717) is 16.3 Å². The Bertz CT molecular complexity index is 828. The molecule has 27 heavy (non-hydrogen) atoms. The summed E-state index contributed by atoms with van der Waals surface area (Å²) in [5.41, 5.74) is 0.746. The molecule has 0 aliphatic heterocycles. The van der Waals surface area contributed by atoms with E-state index in [1.165, 1.54) is 13.1 Å². The van der Waals surface area contributed by atoms with E-state index in [1.807, 2.05) is 0 Å². The van der Waals surface area contributed by atoms with Crippen LogP contribution in [0, 0.1) is 0 Å². The molecule has 142 valence electrons. The van der Waals surface area contributed by atoms with E-state index in [4.69, 9.17) is 27.9 Å². The predicted molar refractivity (Wildman–Crippen MR) is 102 cm³/mol. The average molecular weight is 410 g/mol. The maximum Gasteiger partial charge on any atom is 0.308 e. The summed E-state index contributed by atoms with van der Waals surface area (Å²) in [5.74, 6) is -1.49. The van der Waals surface area contributed by atoms with Crippen molar-refractivity contribution in [3.8, 4) is 0 Å². The van der Waals surface area contributed by atoms with Gasteiger partial charge in [-0.25, -0.2) is 4.98 Å². The van der Waals surface area contributed by atoms with E-state index < -0.39 is 18.0 Å². The molecule has 0 bridgehead atoms. The lowest BCUT2D eigenvalue weighted by molar-refractivity contribution is -0.153. The molecular formula is C18H17Cl2N3O4. The number of anilines is 1. The van der Waals surface area contributed by atoms with E-state index >= 15 is 0 Å². The van der Waals surface area contributed by atoms with Crippen LogP contribution in [0.15, 0.2) is 42.6 Å². The number of hydrogen-bond acceptors (Lipinski definition) is 5. The number of nitrogens with zero attached hydrogens (tertiary/aromatic N) is 1. The molecular weight excluding hydrogens is 393 g/mol. The highest BCUT2D eigenvalue weighted by atomic mass is 35.5. The first kappa shape index (κ1) is 20.7. The highest BCUT2D eigenvalue weighted by molar-refractivity contribution is 6.32. The SMILES string of the molecule is C[C@@H](OC(=O)CCNC(=O)c1ccc(Cl)cc1)C(=O)Nc1cccnc1Cl. The molecule has 0 aliphatic carbocycles. The summed E-state index contributed by atoms with van der Waals surface area (Å²) in [5, 5.41) is 5.77. The van der Waals surface area contributed by atoms with Gasteiger partial charge in [0.1, 0.15) is 0 Å². The van der Waals surface area contributed by atoms with Crippen LogP contribution < -0.4 is 10.6 Å². The van der Waals surface area contributed by atoms with Crippen LogP contribution >= 0.6 is 23.2 Å². The van der Waals surface area contributed by atoms with Gasteiger partial charge in [0.05, 0.1) is 12.1 Å². The minimum Gasteiger partial charge on any atom is -0.452 e. The molecule has 0 aliphatic rings. The first-order valence-corrected chi connectivity index (χ1v) is 8.77. The number of amides is 2. The molecule has 1 atom stereocenters. The van der Waals surface area contributed by atoms with Crippen LogP contribution in [-0.2, 0) is 14.3 Å². The van der Waals surface area contributed by atoms with Crippen molar-refractivity contribution in [1.29, 1.82) is 0 Å². The molecule has 2 aromatic rings. The second kappa shape index (κ2) is 9.89. The number of rotatable bonds is 7. The van der Waals surface area contributed by atoms with Crippen molar-refractivity contribution in [2.24, 2.45) is 0 Å². The highest BCUT2D eigenvalue weighted by Gasteiger charge is 2.19. The average Bonchev–Trinajstić information content (AvgIpc) is 2.64. The van der Waals surface area contributed by atoms with Gasteiger partial charge in [0, 0.05) is 23.3 Å². The second-order valence-electron chi connectivity index (χ2n) is 5.48. The van der Waals surface area contributed by atoms with Crippen LogP contribution in [0.5, 0.6) is 0 Å². The summed E-state index contributed by atoms with van der Waals surface area (Å²) in [6, 6.07) is 9.53. The highest BCUT2D eigenvalue weighted by Crippen LogP contribution is 2.17. The van der Waals surface area contributed by atoms with Gasteiger partial charge in [-0.2, -0.15) is 0 Å². The number of pyridine rings is 1. The predicted octanol–water partition coefficient (Wildman–Crippen LogP) is 3.08. The van der Waals surface area contributed by atoms with Crippen molar-refractivity contribution in [2.45, 2.75) is 19.4 Å². The lowest BCUT2D eigenvalue weighted by atomic mass is 10.2. The third-order valence-corrected chi connectivity index (χ3v) is 3.97. The molecule has 2 N–H and O–H groups in total. The van der Waals surface area contributed by atoms with Gasteiger partial charge in [-0.3, -0.25) is 14.4 Å². The van der Waals surface area contributed by atoms with Gasteiger partial charge >= 0.3 is 5.97 Å². The van der Waals surface area contributed by atoms with E-state index in [9.17, 15) is 14.4 Å². The lowest BCUT2D eigenvalue weighted by Crippen LogP contribution is -2.32. The third kappa shape index (κ3) is 6.54. The molecule has 0 saturated heterocycles.